The molecule has 0 bridgehead atoms. The Kier molecular flexibility index (Phi) is 5.96. The number of benzene rings is 1. The molecule has 0 fully saturated rings. The molecule has 0 aliphatic heterocycles. The molecule has 0 atom stereocenters. The second-order valence-corrected chi connectivity index (χ2v) is 5.29. The van der Waals surface area contributed by atoms with Crippen molar-refractivity contribution >= 4 is 10.9 Å². The van der Waals surface area contributed by atoms with Gasteiger partial charge in [0.15, 0.2) is 0 Å². The SMILES string of the molecule is CC(C)OCCCCNCc1ccnc2ccccc12. The van der Waals surface area contributed by atoms with E-state index in [2.05, 4.69) is 48.4 Å². The molecule has 0 spiro atoms. The molecule has 0 aliphatic rings. The Morgan fingerprint density at radius 2 is 2.00 bits per heavy atom. The number of fused-ring (bicyclic) bond motifs is 1. The lowest BCUT2D eigenvalue weighted by molar-refractivity contribution is 0.0760. The van der Waals surface area contributed by atoms with Crippen LogP contribution in [0.2, 0.25) is 0 Å². The lowest BCUT2D eigenvalue weighted by Gasteiger charge is -2.09. The van der Waals surface area contributed by atoms with Gasteiger partial charge in [-0.3, -0.25) is 4.98 Å². The molecule has 0 unspecified atom stereocenters. The van der Waals surface area contributed by atoms with Crippen LogP contribution in [0.15, 0.2) is 36.5 Å². The molecule has 0 saturated carbocycles. The minimum absolute atomic E-state index is 0.339. The maximum atomic E-state index is 5.53. The molecule has 3 heteroatoms. The van der Waals surface area contributed by atoms with Crippen LogP contribution in [-0.4, -0.2) is 24.2 Å². The fraction of sp³-hybridized carbons (Fsp3) is 0.471. The van der Waals surface area contributed by atoms with E-state index in [1.807, 2.05) is 12.3 Å². The van der Waals surface area contributed by atoms with Crippen LogP contribution in [0.1, 0.15) is 32.3 Å². The van der Waals surface area contributed by atoms with Gasteiger partial charge < -0.3 is 10.1 Å². The van der Waals surface area contributed by atoms with Crippen LogP contribution in [0.25, 0.3) is 10.9 Å². The summed E-state index contributed by atoms with van der Waals surface area (Å²) >= 11 is 0. The molecule has 1 aromatic heterocycles. The van der Waals surface area contributed by atoms with Crippen molar-refractivity contribution in [1.82, 2.24) is 10.3 Å². The number of aromatic nitrogens is 1. The molecule has 0 aliphatic carbocycles. The summed E-state index contributed by atoms with van der Waals surface area (Å²) < 4.78 is 5.53. The molecule has 1 N–H and O–H groups in total. The highest BCUT2D eigenvalue weighted by atomic mass is 16.5. The van der Waals surface area contributed by atoms with Crippen LogP contribution < -0.4 is 5.32 Å². The predicted molar refractivity (Wildman–Crippen MR) is 83.8 cm³/mol. The zero-order valence-corrected chi connectivity index (χ0v) is 12.4. The van der Waals surface area contributed by atoms with Crippen LogP contribution in [0.4, 0.5) is 0 Å². The number of ether oxygens (including phenoxy) is 1. The van der Waals surface area contributed by atoms with E-state index in [9.17, 15) is 0 Å². The molecule has 0 radical (unpaired) electrons. The topological polar surface area (TPSA) is 34.1 Å². The summed E-state index contributed by atoms with van der Waals surface area (Å²) in [5.74, 6) is 0. The fourth-order valence-corrected chi connectivity index (χ4v) is 2.20. The zero-order chi connectivity index (χ0) is 14.2. The van der Waals surface area contributed by atoms with Crippen molar-refractivity contribution in [3.05, 3.63) is 42.1 Å². The van der Waals surface area contributed by atoms with Gasteiger partial charge in [0.1, 0.15) is 0 Å². The number of nitrogens with zero attached hydrogens (tertiary/aromatic N) is 1. The average molecular weight is 272 g/mol. The third-order valence-electron chi connectivity index (χ3n) is 3.25. The molecule has 0 amide bonds. The summed E-state index contributed by atoms with van der Waals surface area (Å²) in [7, 11) is 0. The third-order valence-corrected chi connectivity index (χ3v) is 3.25. The molecular weight excluding hydrogens is 248 g/mol. The molecule has 1 aromatic carbocycles. The first-order valence-electron chi connectivity index (χ1n) is 7.42. The Morgan fingerprint density at radius 1 is 1.15 bits per heavy atom. The van der Waals surface area contributed by atoms with Gasteiger partial charge >= 0.3 is 0 Å². The lowest BCUT2D eigenvalue weighted by Crippen LogP contribution is -2.16. The van der Waals surface area contributed by atoms with Gasteiger partial charge in [0.05, 0.1) is 11.6 Å². The molecule has 108 valence electrons. The van der Waals surface area contributed by atoms with Crippen molar-refractivity contribution in [2.45, 2.75) is 39.3 Å². The number of pyridine rings is 1. The lowest BCUT2D eigenvalue weighted by atomic mass is 10.1. The summed E-state index contributed by atoms with van der Waals surface area (Å²) in [4.78, 5) is 4.38. The van der Waals surface area contributed by atoms with Crippen molar-refractivity contribution in [2.75, 3.05) is 13.2 Å². The Morgan fingerprint density at radius 3 is 2.85 bits per heavy atom. The highest BCUT2D eigenvalue weighted by Gasteiger charge is 2.00. The van der Waals surface area contributed by atoms with Gasteiger partial charge in [-0.05, 0) is 50.9 Å². The summed E-state index contributed by atoms with van der Waals surface area (Å²) in [5.41, 5.74) is 2.38. The summed E-state index contributed by atoms with van der Waals surface area (Å²) in [6, 6.07) is 10.4. The maximum Gasteiger partial charge on any atom is 0.0705 e. The van der Waals surface area contributed by atoms with Crippen molar-refractivity contribution in [1.29, 1.82) is 0 Å². The van der Waals surface area contributed by atoms with Gasteiger partial charge in [-0.2, -0.15) is 0 Å². The average Bonchev–Trinajstić information content (AvgIpc) is 2.46. The van der Waals surface area contributed by atoms with Crippen LogP contribution in [0, 0.1) is 0 Å². The Balaban J connectivity index is 1.73. The number of hydrogen-bond acceptors (Lipinski definition) is 3. The third kappa shape index (κ3) is 4.58. The summed E-state index contributed by atoms with van der Waals surface area (Å²) in [6.07, 6.45) is 4.49. The first-order chi connectivity index (χ1) is 9.77. The van der Waals surface area contributed by atoms with E-state index in [1.54, 1.807) is 0 Å². The standard InChI is InChI=1S/C17H24N2O/c1-14(2)20-12-6-5-10-18-13-15-9-11-19-17-8-4-3-7-16(15)17/h3-4,7-9,11,14,18H,5-6,10,12-13H2,1-2H3. The van der Waals surface area contributed by atoms with Crippen LogP contribution in [0.3, 0.4) is 0 Å². The molecule has 2 aromatic rings. The van der Waals surface area contributed by atoms with E-state index in [4.69, 9.17) is 4.74 Å². The number of para-hydroxylation sites is 1. The monoisotopic (exact) mass is 272 g/mol. The van der Waals surface area contributed by atoms with Crippen molar-refractivity contribution in [2.24, 2.45) is 0 Å². The smallest absolute Gasteiger partial charge is 0.0705 e. The minimum atomic E-state index is 0.339. The molecule has 3 nitrogen and oxygen atoms in total. The maximum absolute atomic E-state index is 5.53. The van der Waals surface area contributed by atoms with Gasteiger partial charge in [-0.15, -0.1) is 0 Å². The van der Waals surface area contributed by atoms with Gasteiger partial charge in [-0.25, -0.2) is 0 Å². The van der Waals surface area contributed by atoms with E-state index >= 15 is 0 Å². The highest BCUT2D eigenvalue weighted by molar-refractivity contribution is 5.81. The summed E-state index contributed by atoms with van der Waals surface area (Å²) in [6.45, 7) is 6.93. The van der Waals surface area contributed by atoms with Gasteiger partial charge in [0.25, 0.3) is 0 Å². The largest absolute Gasteiger partial charge is 0.379 e. The zero-order valence-electron chi connectivity index (χ0n) is 12.4. The molecule has 0 saturated heterocycles. The van der Waals surface area contributed by atoms with Gasteiger partial charge in [0, 0.05) is 24.7 Å². The number of nitrogens with one attached hydrogen (secondary N) is 1. The first-order valence-corrected chi connectivity index (χ1v) is 7.42. The molecule has 2 rings (SSSR count). The number of rotatable bonds is 8. The van der Waals surface area contributed by atoms with Gasteiger partial charge in [0.2, 0.25) is 0 Å². The van der Waals surface area contributed by atoms with E-state index in [0.717, 1.165) is 38.1 Å². The van der Waals surface area contributed by atoms with Crippen LogP contribution in [-0.2, 0) is 11.3 Å². The van der Waals surface area contributed by atoms with Crippen molar-refractivity contribution in [3.63, 3.8) is 0 Å². The summed E-state index contributed by atoms with van der Waals surface area (Å²) in [5, 5.41) is 4.74. The predicted octanol–water partition coefficient (Wildman–Crippen LogP) is 3.53. The van der Waals surface area contributed by atoms with Crippen LogP contribution >= 0.6 is 0 Å². The van der Waals surface area contributed by atoms with Crippen LogP contribution in [0.5, 0.6) is 0 Å². The van der Waals surface area contributed by atoms with E-state index in [1.165, 1.54) is 10.9 Å². The Bertz CT molecular complexity index is 520. The molecule has 1 heterocycles. The molecular formula is C17H24N2O. The first kappa shape index (κ1) is 14.9. The number of unbranched alkanes of at least 4 members (excludes halogenated alkanes) is 1. The Hall–Kier alpha value is -1.45. The van der Waals surface area contributed by atoms with E-state index < -0.39 is 0 Å². The quantitative estimate of drug-likeness (QED) is 0.746. The van der Waals surface area contributed by atoms with Crippen molar-refractivity contribution in [3.8, 4) is 0 Å². The second kappa shape index (κ2) is 7.98. The second-order valence-electron chi connectivity index (χ2n) is 5.29. The highest BCUT2D eigenvalue weighted by Crippen LogP contribution is 2.15. The van der Waals surface area contributed by atoms with E-state index in [0.29, 0.717) is 6.10 Å². The number of hydrogen-bond donors (Lipinski definition) is 1. The van der Waals surface area contributed by atoms with E-state index in [-0.39, 0.29) is 0 Å². The van der Waals surface area contributed by atoms with Crippen molar-refractivity contribution < 1.29 is 4.74 Å². The minimum Gasteiger partial charge on any atom is -0.379 e. The normalized spacial score (nSPS) is 11.3. The van der Waals surface area contributed by atoms with Gasteiger partial charge in [-0.1, -0.05) is 18.2 Å². The Labute approximate surface area is 121 Å². The fourth-order valence-electron chi connectivity index (χ4n) is 2.20. The molecule has 20 heavy (non-hydrogen) atoms.